The van der Waals surface area contributed by atoms with Gasteiger partial charge in [-0.15, -0.1) is 0 Å². The van der Waals surface area contributed by atoms with Crippen molar-refractivity contribution in [2.45, 2.75) is 58.4 Å². The lowest BCUT2D eigenvalue weighted by atomic mass is 9.73. The molecule has 0 saturated heterocycles. The first-order valence-corrected chi connectivity index (χ1v) is 13.1. The van der Waals surface area contributed by atoms with Crippen LogP contribution in [-0.4, -0.2) is 33.0 Å². The molecule has 2 atom stereocenters. The minimum Gasteiger partial charge on any atom is -0.367 e. The van der Waals surface area contributed by atoms with Crippen molar-refractivity contribution in [3.63, 3.8) is 0 Å². The van der Waals surface area contributed by atoms with Gasteiger partial charge in [-0.3, -0.25) is 4.99 Å². The van der Waals surface area contributed by atoms with Gasteiger partial charge in [-0.05, 0) is 59.4 Å². The lowest BCUT2D eigenvalue weighted by Gasteiger charge is -2.34. The molecule has 1 unspecified atom stereocenters. The first-order valence-electron chi connectivity index (χ1n) is 13.1. The van der Waals surface area contributed by atoms with Crippen LogP contribution in [0.5, 0.6) is 0 Å². The summed E-state index contributed by atoms with van der Waals surface area (Å²) in [5, 5.41) is 3.70. The zero-order valence-electron chi connectivity index (χ0n) is 23.5. The van der Waals surface area contributed by atoms with E-state index in [4.69, 9.17) is 15.3 Å². The smallest absolute Gasteiger partial charge is 0.106 e. The predicted octanol–water partition coefficient (Wildman–Crippen LogP) is 6.33. The van der Waals surface area contributed by atoms with E-state index < -0.39 is 0 Å². The van der Waals surface area contributed by atoms with E-state index in [0.29, 0.717) is 12.5 Å². The van der Waals surface area contributed by atoms with Gasteiger partial charge in [0.2, 0.25) is 0 Å². The highest BCUT2D eigenvalue weighted by molar-refractivity contribution is 5.83. The molecule has 0 aliphatic rings. The van der Waals surface area contributed by atoms with E-state index in [2.05, 4.69) is 116 Å². The number of aryl methyl sites for hydroxylation is 2. The van der Waals surface area contributed by atoms with Gasteiger partial charge in [0, 0.05) is 13.5 Å². The highest BCUT2D eigenvalue weighted by Crippen LogP contribution is 2.39. The SMILES string of the molecule is C=O.C=O.CN=C(CC(C)(C)C(C)c1cccc(CCc2ccccc2)c1)N[C@@H](CCN)c1ccccc1. The predicted molar refractivity (Wildman–Crippen MR) is 161 cm³/mol. The molecule has 5 heteroatoms. The van der Waals surface area contributed by atoms with Crippen LogP contribution in [0.3, 0.4) is 0 Å². The van der Waals surface area contributed by atoms with Crippen molar-refractivity contribution in [1.29, 1.82) is 0 Å². The summed E-state index contributed by atoms with van der Waals surface area (Å²) < 4.78 is 0. The second kappa shape index (κ2) is 17.8. The molecular weight excluding hydrogens is 470 g/mol. The van der Waals surface area contributed by atoms with E-state index in [1.807, 2.05) is 20.6 Å². The summed E-state index contributed by atoms with van der Waals surface area (Å²) in [6, 6.07) is 30.6. The van der Waals surface area contributed by atoms with Crippen LogP contribution in [0.15, 0.2) is 89.9 Å². The molecular formula is C33H45N3O2. The van der Waals surface area contributed by atoms with E-state index in [0.717, 1.165) is 31.5 Å². The lowest BCUT2D eigenvalue weighted by Crippen LogP contribution is -2.35. The average molecular weight is 516 g/mol. The number of carbonyl (C=O) groups is 2. The van der Waals surface area contributed by atoms with Gasteiger partial charge in [0.15, 0.2) is 0 Å². The summed E-state index contributed by atoms with van der Waals surface area (Å²) >= 11 is 0. The summed E-state index contributed by atoms with van der Waals surface area (Å²) in [5.74, 6) is 1.44. The number of carbonyl (C=O) groups excluding carboxylic acids is 2. The van der Waals surface area contributed by atoms with Gasteiger partial charge in [-0.1, -0.05) is 106 Å². The molecule has 0 bridgehead atoms. The Kier molecular flexibility index (Phi) is 15.2. The van der Waals surface area contributed by atoms with Crippen molar-refractivity contribution < 1.29 is 9.59 Å². The van der Waals surface area contributed by atoms with E-state index in [9.17, 15) is 0 Å². The third kappa shape index (κ3) is 10.4. The van der Waals surface area contributed by atoms with Crippen LogP contribution in [-0.2, 0) is 22.4 Å². The molecule has 0 amide bonds. The molecule has 3 rings (SSSR count). The maximum atomic E-state index is 8.00. The Hall–Kier alpha value is -3.57. The Balaban J connectivity index is 0.00000172. The van der Waals surface area contributed by atoms with Crippen LogP contribution < -0.4 is 11.1 Å². The van der Waals surface area contributed by atoms with Crippen molar-refractivity contribution in [1.82, 2.24) is 5.32 Å². The largest absolute Gasteiger partial charge is 0.367 e. The topological polar surface area (TPSA) is 84.5 Å². The maximum Gasteiger partial charge on any atom is 0.106 e. The fourth-order valence-electron chi connectivity index (χ4n) is 4.56. The monoisotopic (exact) mass is 515 g/mol. The summed E-state index contributed by atoms with van der Waals surface area (Å²) in [4.78, 5) is 20.6. The molecule has 0 spiro atoms. The van der Waals surface area contributed by atoms with E-state index >= 15 is 0 Å². The molecule has 0 aliphatic heterocycles. The fourth-order valence-corrected chi connectivity index (χ4v) is 4.56. The minimum atomic E-state index is 0.0455. The van der Waals surface area contributed by atoms with Crippen LogP contribution in [0.4, 0.5) is 0 Å². The van der Waals surface area contributed by atoms with Gasteiger partial charge >= 0.3 is 0 Å². The fraction of sp³-hybridized carbons (Fsp3) is 0.364. The molecule has 38 heavy (non-hydrogen) atoms. The second-order valence-corrected chi connectivity index (χ2v) is 9.97. The molecule has 204 valence electrons. The van der Waals surface area contributed by atoms with Crippen molar-refractivity contribution in [3.05, 3.63) is 107 Å². The van der Waals surface area contributed by atoms with Crippen LogP contribution in [0.2, 0.25) is 0 Å². The van der Waals surface area contributed by atoms with Crippen LogP contribution in [0.1, 0.15) is 67.8 Å². The molecule has 3 N–H and O–H groups in total. The Morgan fingerprint density at radius 1 is 0.842 bits per heavy atom. The number of nitrogens with two attached hydrogens (primary N) is 1. The molecule has 0 fully saturated rings. The number of aliphatic imine (C=N–C) groups is 1. The molecule has 5 nitrogen and oxygen atoms in total. The zero-order valence-corrected chi connectivity index (χ0v) is 23.5. The Labute approximate surface area is 229 Å². The summed E-state index contributed by atoms with van der Waals surface area (Å²) in [7, 11) is 1.89. The van der Waals surface area contributed by atoms with Gasteiger partial charge < -0.3 is 20.6 Å². The molecule has 3 aromatic rings. The normalized spacial score (nSPS) is 12.7. The summed E-state index contributed by atoms with van der Waals surface area (Å²) in [6.07, 6.45) is 3.89. The number of nitrogens with zero attached hydrogens (tertiary/aromatic N) is 1. The number of nitrogens with one attached hydrogen (secondary N) is 1. The third-order valence-corrected chi connectivity index (χ3v) is 7.06. The van der Waals surface area contributed by atoms with Gasteiger partial charge in [0.05, 0.1) is 11.9 Å². The Morgan fingerprint density at radius 3 is 1.95 bits per heavy atom. The molecule has 0 aromatic heterocycles. The van der Waals surface area contributed by atoms with Crippen molar-refractivity contribution in [2.75, 3.05) is 13.6 Å². The number of hydrogen-bond donors (Lipinski definition) is 2. The van der Waals surface area contributed by atoms with Gasteiger partial charge in [-0.25, -0.2) is 0 Å². The third-order valence-electron chi connectivity index (χ3n) is 7.06. The molecule has 3 aromatic carbocycles. The van der Waals surface area contributed by atoms with Crippen LogP contribution in [0.25, 0.3) is 0 Å². The van der Waals surface area contributed by atoms with Crippen LogP contribution in [0, 0.1) is 5.41 Å². The first kappa shape index (κ1) is 32.5. The zero-order chi connectivity index (χ0) is 28.4. The highest BCUT2D eigenvalue weighted by Gasteiger charge is 2.29. The Bertz CT molecular complexity index is 1070. The quantitative estimate of drug-likeness (QED) is 0.231. The first-order chi connectivity index (χ1) is 18.4. The molecule has 0 heterocycles. The Morgan fingerprint density at radius 2 is 1.37 bits per heavy atom. The van der Waals surface area contributed by atoms with Gasteiger partial charge in [-0.2, -0.15) is 0 Å². The van der Waals surface area contributed by atoms with E-state index in [1.165, 1.54) is 22.3 Å². The lowest BCUT2D eigenvalue weighted by molar-refractivity contribution is -0.0987. The number of benzene rings is 3. The second-order valence-electron chi connectivity index (χ2n) is 9.97. The standard InChI is InChI=1S/C31H41N3.2CH2O/c1-24(28-17-11-14-26(22-28)19-18-25-12-7-5-8-13-25)31(2,3)23-30(33-4)34-29(20-21-32)27-15-9-6-10-16-27;2*1-2/h5-17,22,24,29H,18-21,23,32H2,1-4H3,(H,33,34);2*1H2/t24?,29-;;/m0../s1. The van der Waals surface area contributed by atoms with E-state index in [-0.39, 0.29) is 11.5 Å². The van der Waals surface area contributed by atoms with Crippen LogP contribution >= 0.6 is 0 Å². The molecule has 0 saturated carbocycles. The van der Waals surface area contributed by atoms with E-state index in [1.54, 1.807) is 0 Å². The number of rotatable bonds is 11. The van der Waals surface area contributed by atoms with Gasteiger partial charge in [0.25, 0.3) is 0 Å². The van der Waals surface area contributed by atoms with Crippen molar-refractivity contribution >= 4 is 19.4 Å². The minimum absolute atomic E-state index is 0.0455. The van der Waals surface area contributed by atoms with Crippen molar-refractivity contribution in [2.24, 2.45) is 16.1 Å². The van der Waals surface area contributed by atoms with Crippen molar-refractivity contribution in [3.8, 4) is 0 Å². The maximum absolute atomic E-state index is 8.00. The van der Waals surface area contributed by atoms with Gasteiger partial charge in [0.1, 0.15) is 13.6 Å². The molecule has 0 radical (unpaired) electrons. The highest BCUT2D eigenvalue weighted by atomic mass is 16.1. The summed E-state index contributed by atoms with van der Waals surface area (Å²) in [5.41, 5.74) is 11.4. The summed E-state index contributed by atoms with van der Waals surface area (Å²) in [6.45, 7) is 11.7. The average Bonchev–Trinajstić information content (AvgIpc) is 2.98. The number of amidine groups is 1. The number of hydrogen-bond acceptors (Lipinski definition) is 4. The molecule has 0 aliphatic carbocycles.